The van der Waals surface area contributed by atoms with E-state index < -0.39 is 5.54 Å². The topological polar surface area (TPSA) is 74.6 Å². The molecule has 2 aliphatic heterocycles. The molecule has 3 aromatic rings. The molecular formula is C28H36N6O2. The average Bonchev–Trinajstić information content (AvgIpc) is 3.29. The van der Waals surface area contributed by atoms with E-state index in [4.69, 9.17) is 4.98 Å². The zero-order valence-corrected chi connectivity index (χ0v) is 21.6. The van der Waals surface area contributed by atoms with E-state index in [-0.39, 0.29) is 11.9 Å². The van der Waals surface area contributed by atoms with Gasteiger partial charge in [0, 0.05) is 45.6 Å². The number of carbonyl (C=O) groups is 2. The maximum Gasteiger partial charge on any atom is 0.327 e. The Labute approximate surface area is 212 Å². The van der Waals surface area contributed by atoms with E-state index in [0.717, 1.165) is 54.9 Å². The normalized spacial score (nSPS) is 18.3. The average molecular weight is 489 g/mol. The lowest BCUT2D eigenvalue weighted by molar-refractivity contribution is -0.136. The number of urea groups is 1. The zero-order chi connectivity index (χ0) is 25.3. The van der Waals surface area contributed by atoms with E-state index in [0.29, 0.717) is 31.8 Å². The Kier molecular flexibility index (Phi) is 6.79. The minimum absolute atomic E-state index is 0.0123. The molecule has 0 aliphatic carbocycles. The van der Waals surface area contributed by atoms with Crippen LogP contribution in [0.25, 0.3) is 11.0 Å². The number of aromatic nitrogens is 3. The van der Waals surface area contributed by atoms with Crippen molar-refractivity contribution in [1.82, 2.24) is 29.2 Å². The van der Waals surface area contributed by atoms with Crippen LogP contribution in [0.5, 0.6) is 0 Å². The lowest BCUT2D eigenvalue weighted by Gasteiger charge is -2.42. The molecule has 0 bridgehead atoms. The highest BCUT2D eigenvalue weighted by molar-refractivity contribution is 6.07. The molecule has 2 aromatic heterocycles. The van der Waals surface area contributed by atoms with E-state index in [1.54, 1.807) is 6.20 Å². The molecule has 4 heterocycles. The van der Waals surface area contributed by atoms with Gasteiger partial charge in [-0.25, -0.2) is 9.78 Å². The first kappa shape index (κ1) is 24.4. The van der Waals surface area contributed by atoms with Gasteiger partial charge in [0.1, 0.15) is 11.4 Å². The van der Waals surface area contributed by atoms with E-state index in [2.05, 4.69) is 41.4 Å². The summed E-state index contributed by atoms with van der Waals surface area (Å²) in [6.45, 7) is 7.54. The highest BCUT2D eigenvalue weighted by atomic mass is 16.2. The Hall–Kier alpha value is -3.26. The molecule has 8 nitrogen and oxygen atoms in total. The van der Waals surface area contributed by atoms with Gasteiger partial charge in [0.15, 0.2) is 0 Å². The van der Waals surface area contributed by atoms with Crippen molar-refractivity contribution in [3.05, 3.63) is 60.2 Å². The number of fused-ring (bicyclic) bond motifs is 1. The molecule has 0 saturated carbocycles. The van der Waals surface area contributed by atoms with Crippen LogP contribution < -0.4 is 0 Å². The highest BCUT2D eigenvalue weighted by Crippen LogP contribution is 2.38. The summed E-state index contributed by atoms with van der Waals surface area (Å²) in [7, 11) is 2.06. The molecule has 0 N–H and O–H groups in total. The van der Waals surface area contributed by atoms with Crippen molar-refractivity contribution in [3.63, 3.8) is 0 Å². The molecule has 3 amide bonds. The van der Waals surface area contributed by atoms with Crippen LogP contribution in [0.15, 0.2) is 48.8 Å². The van der Waals surface area contributed by atoms with Crippen LogP contribution in [-0.2, 0) is 24.8 Å². The molecule has 2 saturated heterocycles. The molecule has 8 heteroatoms. The second kappa shape index (κ2) is 10.0. The van der Waals surface area contributed by atoms with Gasteiger partial charge in [0.05, 0.1) is 17.6 Å². The lowest BCUT2D eigenvalue weighted by atomic mass is 9.85. The predicted octanol–water partition coefficient (Wildman–Crippen LogP) is 3.86. The summed E-state index contributed by atoms with van der Waals surface area (Å²) in [4.78, 5) is 42.0. The number of hydrogen-bond acceptors (Lipinski definition) is 5. The molecule has 0 atom stereocenters. The summed E-state index contributed by atoms with van der Waals surface area (Å²) in [5, 5.41) is 0. The number of carbonyl (C=O) groups excluding carboxylic acids is 2. The van der Waals surface area contributed by atoms with Gasteiger partial charge >= 0.3 is 6.03 Å². The molecule has 190 valence electrons. The number of hydrogen-bond donors (Lipinski definition) is 0. The van der Waals surface area contributed by atoms with Crippen LogP contribution in [0.4, 0.5) is 4.79 Å². The first-order chi connectivity index (χ1) is 17.4. The fourth-order valence-electron chi connectivity index (χ4n) is 5.69. The highest BCUT2D eigenvalue weighted by Gasteiger charge is 2.57. The second-order valence-corrected chi connectivity index (χ2v) is 10.6. The molecule has 1 spiro atoms. The van der Waals surface area contributed by atoms with Gasteiger partial charge in [-0.05, 0) is 55.4 Å². The molecule has 0 unspecified atom stereocenters. The molecule has 0 radical (unpaired) electrons. The van der Waals surface area contributed by atoms with Crippen LogP contribution in [0.2, 0.25) is 0 Å². The van der Waals surface area contributed by atoms with Gasteiger partial charge in [0.2, 0.25) is 0 Å². The number of para-hydroxylation sites is 2. The summed E-state index contributed by atoms with van der Waals surface area (Å²) in [5.74, 6) is 1.31. The molecule has 36 heavy (non-hydrogen) atoms. The van der Waals surface area contributed by atoms with Gasteiger partial charge in [-0.2, -0.15) is 0 Å². The number of imide groups is 1. The number of nitrogens with zero attached hydrogens (tertiary/aromatic N) is 6. The van der Waals surface area contributed by atoms with Crippen molar-refractivity contribution in [2.75, 3.05) is 26.2 Å². The monoisotopic (exact) mass is 488 g/mol. The number of pyridine rings is 1. The Morgan fingerprint density at radius 3 is 2.53 bits per heavy atom. The minimum atomic E-state index is -0.724. The van der Waals surface area contributed by atoms with Crippen molar-refractivity contribution < 1.29 is 9.59 Å². The van der Waals surface area contributed by atoms with Crippen LogP contribution in [-0.4, -0.2) is 72.9 Å². The number of amides is 3. The first-order valence-electron chi connectivity index (χ1n) is 13.0. The van der Waals surface area contributed by atoms with E-state index in [9.17, 15) is 9.59 Å². The molecular weight excluding hydrogens is 452 g/mol. The van der Waals surface area contributed by atoms with Crippen LogP contribution in [0, 0.1) is 5.92 Å². The number of aryl methyl sites for hydroxylation is 2. The maximum absolute atomic E-state index is 13.8. The quantitative estimate of drug-likeness (QED) is 0.450. The third-order valence-corrected chi connectivity index (χ3v) is 7.67. The Balaban J connectivity index is 1.28. The minimum Gasteiger partial charge on any atom is -0.330 e. The van der Waals surface area contributed by atoms with Crippen LogP contribution in [0.3, 0.4) is 0 Å². The number of likely N-dealkylation sites (tertiary alicyclic amines) is 1. The Bertz CT molecular complexity index is 1230. The van der Waals surface area contributed by atoms with Gasteiger partial charge in [-0.15, -0.1) is 0 Å². The standard InChI is InChI=1S/C28H36N6O2/c1-21(2)19-34-27(36)33(15-7-9-22-8-6-14-29-18-22)26(35)28(34)12-16-32(17-13-28)20-25-30-23-10-4-5-11-24(23)31(25)3/h4-6,8,10-11,14,18,21H,7,9,12-13,15-17,19-20H2,1-3H3. The van der Waals surface area contributed by atoms with Gasteiger partial charge in [-0.1, -0.05) is 32.0 Å². The number of imidazole rings is 1. The fourth-order valence-corrected chi connectivity index (χ4v) is 5.69. The number of piperidine rings is 1. The smallest absolute Gasteiger partial charge is 0.327 e. The Morgan fingerprint density at radius 1 is 1.06 bits per heavy atom. The molecule has 5 rings (SSSR count). The summed E-state index contributed by atoms with van der Waals surface area (Å²) in [5.41, 5.74) is 2.53. The lowest BCUT2D eigenvalue weighted by Crippen LogP contribution is -2.57. The number of rotatable bonds is 8. The van der Waals surface area contributed by atoms with Gasteiger partial charge < -0.3 is 9.47 Å². The number of benzene rings is 1. The summed E-state index contributed by atoms with van der Waals surface area (Å²) in [6.07, 6.45) is 6.47. The fraction of sp³-hybridized carbons (Fsp3) is 0.500. The van der Waals surface area contributed by atoms with Crippen molar-refractivity contribution in [2.24, 2.45) is 13.0 Å². The largest absolute Gasteiger partial charge is 0.330 e. The third-order valence-electron chi connectivity index (χ3n) is 7.67. The SMILES string of the molecule is CC(C)CN1C(=O)N(CCCc2cccnc2)C(=O)C12CCN(Cc1nc3ccccc3n1C)CC2. The third kappa shape index (κ3) is 4.50. The first-order valence-corrected chi connectivity index (χ1v) is 13.0. The summed E-state index contributed by atoms with van der Waals surface area (Å²) in [6, 6.07) is 12.0. The van der Waals surface area contributed by atoms with Crippen LogP contribution in [0.1, 0.15) is 44.5 Å². The van der Waals surface area contributed by atoms with E-state index in [1.807, 2.05) is 41.4 Å². The summed E-state index contributed by atoms with van der Waals surface area (Å²) >= 11 is 0. The Morgan fingerprint density at radius 2 is 1.83 bits per heavy atom. The van der Waals surface area contributed by atoms with Crippen molar-refractivity contribution in [1.29, 1.82) is 0 Å². The van der Waals surface area contributed by atoms with Crippen molar-refractivity contribution in [2.45, 2.75) is 51.6 Å². The molecule has 1 aromatic carbocycles. The van der Waals surface area contributed by atoms with E-state index >= 15 is 0 Å². The zero-order valence-electron chi connectivity index (χ0n) is 21.6. The second-order valence-electron chi connectivity index (χ2n) is 10.6. The van der Waals surface area contributed by atoms with E-state index in [1.165, 1.54) is 4.90 Å². The van der Waals surface area contributed by atoms with Crippen molar-refractivity contribution >= 4 is 23.0 Å². The predicted molar refractivity (Wildman–Crippen MR) is 139 cm³/mol. The maximum atomic E-state index is 13.8. The summed E-state index contributed by atoms with van der Waals surface area (Å²) < 4.78 is 2.15. The molecule has 2 aliphatic rings. The van der Waals surface area contributed by atoms with Crippen molar-refractivity contribution in [3.8, 4) is 0 Å². The van der Waals surface area contributed by atoms with Gasteiger partial charge in [-0.3, -0.25) is 19.6 Å². The van der Waals surface area contributed by atoms with Gasteiger partial charge in [0.25, 0.3) is 5.91 Å². The molecule has 2 fully saturated rings. The van der Waals surface area contributed by atoms with Crippen LogP contribution >= 0.6 is 0 Å².